The van der Waals surface area contributed by atoms with Crippen molar-refractivity contribution in [1.82, 2.24) is 0 Å². The quantitative estimate of drug-likeness (QED) is 0.595. The molecule has 2 nitrogen and oxygen atoms in total. The second-order valence-corrected chi connectivity index (χ2v) is 8.30. The average Bonchev–Trinajstić information content (AvgIpc) is 2.82. The summed E-state index contributed by atoms with van der Waals surface area (Å²) in [6.07, 6.45) is 2.91. The van der Waals surface area contributed by atoms with E-state index in [4.69, 9.17) is 9.31 Å². The van der Waals surface area contributed by atoms with Crippen molar-refractivity contribution < 1.29 is 13.7 Å². The lowest BCUT2D eigenvalue weighted by molar-refractivity contribution is 0.00578. The molecule has 1 unspecified atom stereocenters. The Labute approximate surface area is 162 Å². The van der Waals surface area contributed by atoms with Gasteiger partial charge in [-0.2, -0.15) is 0 Å². The van der Waals surface area contributed by atoms with Gasteiger partial charge in [0.2, 0.25) is 0 Å². The van der Waals surface area contributed by atoms with Crippen LogP contribution in [0.4, 0.5) is 4.39 Å². The summed E-state index contributed by atoms with van der Waals surface area (Å²) in [4.78, 5) is 0. The lowest BCUT2D eigenvalue weighted by Gasteiger charge is -2.32. The van der Waals surface area contributed by atoms with Crippen LogP contribution in [0.5, 0.6) is 0 Å². The molecule has 0 aliphatic carbocycles. The number of halogens is 1. The zero-order chi connectivity index (χ0) is 19.7. The fourth-order valence-corrected chi connectivity index (χ4v) is 3.38. The van der Waals surface area contributed by atoms with Gasteiger partial charge in [0, 0.05) is 5.92 Å². The van der Waals surface area contributed by atoms with Crippen LogP contribution in [-0.4, -0.2) is 18.3 Å². The molecule has 1 aliphatic rings. The highest BCUT2D eigenvalue weighted by molar-refractivity contribution is 6.45. The fraction of sp³-hybridized carbons (Fsp3) is 0.391. The summed E-state index contributed by atoms with van der Waals surface area (Å²) in [7, 11) is -0.301. The summed E-state index contributed by atoms with van der Waals surface area (Å²) in [5.41, 5.74) is 2.70. The van der Waals surface area contributed by atoms with Gasteiger partial charge in [-0.15, -0.1) is 0 Å². The van der Waals surface area contributed by atoms with Gasteiger partial charge in [0.05, 0.1) is 11.2 Å². The number of benzene rings is 2. The molecule has 0 bridgehead atoms. The fourth-order valence-electron chi connectivity index (χ4n) is 3.38. The zero-order valence-corrected chi connectivity index (χ0v) is 16.8. The van der Waals surface area contributed by atoms with E-state index in [1.165, 1.54) is 23.3 Å². The standard InChI is InChI=1S/C23H28BFO2/c1-17(18-9-7-6-8-10-18)15-20(19-11-13-21(25)14-12-19)16-24-26-22(2,3)23(4,5)27-24/h6-15,20H,16H2,1-5H3/b17-15+. The number of hydrogen-bond acceptors (Lipinski definition) is 2. The van der Waals surface area contributed by atoms with Gasteiger partial charge < -0.3 is 9.31 Å². The van der Waals surface area contributed by atoms with Gasteiger partial charge in [0.15, 0.2) is 0 Å². The molecule has 0 spiro atoms. The Morgan fingerprint density at radius 1 is 0.963 bits per heavy atom. The number of allylic oxidation sites excluding steroid dienone is 2. The van der Waals surface area contributed by atoms with Crippen LogP contribution < -0.4 is 0 Å². The molecule has 1 saturated heterocycles. The van der Waals surface area contributed by atoms with Crippen molar-refractivity contribution in [2.75, 3.05) is 0 Å². The van der Waals surface area contributed by atoms with Gasteiger partial charge in [0.1, 0.15) is 5.82 Å². The van der Waals surface area contributed by atoms with Crippen molar-refractivity contribution in [3.05, 3.63) is 77.6 Å². The third-order valence-electron chi connectivity index (χ3n) is 5.73. The summed E-state index contributed by atoms with van der Waals surface area (Å²) in [6, 6.07) is 17.0. The van der Waals surface area contributed by atoms with Gasteiger partial charge >= 0.3 is 7.12 Å². The van der Waals surface area contributed by atoms with E-state index in [-0.39, 0.29) is 30.1 Å². The minimum absolute atomic E-state index is 0.0699. The number of hydrogen-bond donors (Lipinski definition) is 0. The first-order chi connectivity index (χ1) is 12.7. The highest BCUT2D eigenvalue weighted by Crippen LogP contribution is 2.40. The lowest BCUT2D eigenvalue weighted by Crippen LogP contribution is -2.41. The van der Waals surface area contributed by atoms with Crippen LogP contribution in [-0.2, 0) is 9.31 Å². The lowest BCUT2D eigenvalue weighted by atomic mass is 9.74. The molecular weight excluding hydrogens is 338 g/mol. The van der Waals surface area contributed by atoms with Gasteiger partial charge in [0.25, 0.3) is 0 Å². The molecule has 4 heteroatoms. The molecule has 3 rings (SSSR count). The van der Waals surface area contributed by atoms with E-state index >= 15 is 0 Å². The molecule has 0 radical (unpaired) electrons. The van der Waals surface area contributed by atoms with Crippen LogP contribution in [0, 0.1) is 5.82 Å². The Morgan fingerprint density at radius 2 is 1.52 bits per heavy atom. The topological polar surface area (TPSA) is 18.5 Å². The molecule has 142 valence electrons. The SMILES string of the molecule is C/C(=C\C(CB1OC(C)(C)C(C)(C)O1)c1ccc(F)cc1)c1ccccc1. The Bertz CT molecular complexity index is 781. The van der Waals surface area contributed by atoms with Crippen LogP contribution in [0.2, 0.25) is 6.32 Å². The van der Waals surface area contributed by atoms with E-state index < -0.39 is 0 Å². The molecular formula is C23H28BFO2. The molecule has 2 aromatic carbocycles. The Hall–Kier alpha value is -1.91. The van der Waals surface area contributed by atoms with E-state index in [1.807, 2.05) is 30.3 Å². The summed E-state index contributed by atoms with van der Waals surface area (Å²) in [5.74, 6) is -0.155. The summed E-state index contributed by atoms with van der Waals surface area (Å²) < 4.78 is 25.8. The van der Waals surface area contributed by atoms with Gasteiger partial charge in [-0.3, -0.25) is 0 Å². The predicted octanol–water partition coefficient (Wildman–Crippen LogP) is 6.11. The molecule has 1 fully saturated rings. The van der Waals surface area contributed by atoms with Crippen LogP contribution in [0.15, 0.2) is 60.7 Å². The average molecular weight is 366 g/mol. The van der Waals surface area contributed by atoms with Crippen LogP contribution in [0.3, 0.4) is 0 Å². The van der Waals surface area contributed by atoms with Crippen molar-refractivity contribution in [3.8, 4) is 0 Å². The predicted molar refractivity (Wildman–Crippen MR) is 110 cm³/mol. The largest absolute Gasteiger partial charge is 0.458 e. The van der Waals surface area contributed by atoms with Crippen molar-refractivity contribution >= 4 is 12.7 Å². The first kappa shape index (κ1) is 19.8. The van der Waals surface area contributed by atoms with Gasteiger partial charge in [-0.1, -0.05) is 48.5 Å². The van der Waals surface area contributed by atoms with Crippen LogP contribution >= 0.6 is 0 Å². The van der Waals surface area contributed by atoms with Crippen molar-refractivity contribution in [1.29, 1.82) is 0 Å². The minimum atomic E-state index is -0.358. The van der Waals surface area contributed by atoms with Crippen molar-refractivity contribution in [2.24, 2.45) is 0 Å². The van der Waals surface area contributed by atoms with Gasteiger partial charge in [-0.25, -0.2) is 4.39 Å². The van der Waals surface area contributed by atoms with E-state index in [1.54, 1.807) is 0 Å². The number of rotatable bonds is 5. The second-order valence-electron chi connectivity index (χ2n) is 8.30. The normalized spacial score (nSPS) is 19.9. The van der Waals surface area contributed by atoms with E-state index in [2.05, 4.69) is 52.8 Å². The zero-order valence-electron chi connectivity index (χ0n) is 16.8. The Morgan fingerprint density at radius 3 is 2.07 bits per heavy atom. The Kier molecular flexibility index (Phi) is 5.59. The van der Waals surface area contributed by atoms with Crippen LogP contribution in [0.1, 0.15) is 51.7 Å². The summed E-state index contributed by atoms with van der Waals surface area (Å²) in [5, 5.41) is 0. The first-order valence-corrected chi connectivity index (χ1v) is 9.53. The minimum Gasteiger partial charge on any atom is -0.403 e. The maximum atomic E-state index is 13.4. The summed E-state index contributed by atoms with van der Waals surface area (Å²) in [6.45, 7) is 10.3. The molecule has 1 heterocycles. The third kappa shape index (κ3) is 4.51. The molecule has 0 aromatic heterocycles. The molecule has 0 saturated carbocycles. The van der Waals surface area contributed by atoms with Crippen molar-refractivity contribution in [3.63, 3.8) is 0 Å². The van der Waals surface area contributed by atoms with Crippen molar-refractivity contribution in [2.45, 2.75) is 58.1 Å². The molecule has 1 atom stereocenters. The second kappa shape index (κ2) is 7.61. The first-order valence-electron chi connectivity index (χ1n) is 9.53. The third-order valence-corrected chi connectivity index (χ3v) is 5.73. The van der Waals surface area contributed by atoms with Crippen LogP contribution in [0.25, 0.3) is 5.57 Å². The molecule has 0 amide bonds. The van der Waals surface area contributed by atoms with E-state index in [0.717, 1.165) is 5.56 Å². The van der Waals surface area contributed by atoms with E-state index in [9.17, 15) is 4.39 Å². The molecule has 27 heavy (non-hydrogen) atoms. The summed E-state index contributed by atoms with van der Waals surface area (Å²) >= 11 is 0. The highest BCUT2D eigenvalue weighted by Gasteiger charge is 2.51. The monoisotopic (exact) mass is 366 g/mol. The Balaban J connectivity index is 1.88. The van der Waals surface area contributed by atoms with E-state index in [0.29, 0.717) is 6.32 Å². The molecule has 0 N–H and O–H groups in total. The maximum absolute atomic E-state index is 13.4. The van der Waals surface area contributed by atoms with Gasteiger partial charge in [-0.05, 0) is 69.8 Å². The highest BCUT2D eigenvalue weighted by atomic mass is 19.1. The molecule has 1 aliphatic heterocycles. The molecule has 2 aromatic rings. The maximum Gasteiger partial charge on any atom is 0.458 e. The smallest absolute Gasteiger partial charge is 0.403 e.